The molecule has 7 heteroatoms. The number of halogens is 1. The predicted molar refractivity (Wildman–Crippen MR) is 109 cm³/mol. The number of hydrogen-bond donors (Lipinski definition) is 1. The first kappa shape index (κ1) is 18.6. The van der Waals surface area contributed by atoms with Crippen LogP contribution in [-0.4, -0.2) is 42.5 Å². The van der Waals surface area contributed by atoms with Gasteiger partial charge in [0.05, 0.1) is 12.7 Å². The van der Waals surface area contributed by atoms with Crippen molar-refractivity contribution in [2.24, 2.45) is 5.92 Å². The van der Waals surface area contributed by atoms with Crippen molar-refractivity contribution in [3.63, 3.8) is 0 Å². The molecule has 0 bridgehead atoms. The summed E-state index contributed by atoms with van der Waals surface area (Å²) in [6, 6.07) is 11.5. The van der Waals surface area contributed by atoms with Gasteiger partial charge in [0.25, 0.3) is 11.9 Å². The number of ether oxygens (including phenoxy) is 1. The number of fused-ring (bicyclic) bond motifs is 1. The molecule has 1 fully saturated rings. The summed E-state index contributed by atoms with van der Waals surface area (Å²) in [7, 11) is 1.59. The number of carbonyl (C=O) groups is 1. The van der Waals surface area contributed by atoms with Gasteiger partial charge in [0.2, 0.25) is 0 Å². The van der Waals surface area contributed by atoms with Gasteiger partial charge in [0.15, 0.2) is 5.58 Å². The van der Waals surface area contributed by atoms with Crippen molar-refractivity contribution in [2.45, 2.75) is 13.3 Å². The van der Waals surface area contributed by atoms with Crippen LogP contribution in [0.25, 0.3) is 11.1 Å². The van der Waals surface area contributed by atoms with Crippen LogP contribution < -0.4 is 10.1 Å². The number of hydrogen-bond acceptors (Lipinski definition) is 5. The molecule has 0 unspecified atom stereocenters. The Morgan fingerprint density at radius 2 is 2.21 bits per heavy atom. The average molecular weight is 400 g/mol. The average Bonchev–Trinajstić information content (AvgIpc) is 3.32. The van der Waals surface area contributed by atoms with Crippen LogP contribution in [0.2, 0.25) is 5.02 Å². The van der Waals surface area contributed by atoms with E-state index in [9.17, 15) is 4.79 Å². The van der Waals surface area contributed by atoms with Crippen LogP contribution in [0.1, 0.15) is 22.3 Å². The fraction of sp³-hybridized carbons (Fsp3) is 0.333. The zero-order valence-electron chi connectivity index (χ0n) is 15.9. The number of aromatic nitrogens is 1. The Kier molecular flexibility index (Phi) is 5.13. The molecule has 28 heavy (non-hydrogen) atoms. The summed E-state index contributed by atoms with van der Waals surface area (Å²) in [5.74, 6) is 0.959. The molecule has 2 heterocycles. The largest absolute Gasteiger partial charge is 0.496 e. The Balaban J connectivity index is 1.38. The van der Waals surface area contributed by atoms with E-state index >= 15 is 0 Å². The first-order chi connectivity index (χ1) is 13.5. The normalized spacial score (nSPS) is 16.5. The number of nitrogens with one attached hydrogen (secondary N) is 1. The minimum Gasteiger partial charge on any atom is -0.496 e. The number of benzene rings is 2. The Morgan fingerprint density at radius 1 is 1.36 bits per heavy atom. The van der Waals surface area contributed by atoms with Crippen molar-refractivity contribution in [1.29, 1.82) is 0 Å². The molecule has 2 aromatic carbocycles. The second-order valence-electron chi connectivity index (χ2n) is 7.12. The second kappa shape index (κ2) is 7.72. The molecule has 1 aromatic heterocycles. The quantitative estimate of drug-likeness (QED) is 0.689. The van der Waals surface area contributed by atoms with Gasteiger partial charge in [-0.1, -0.05) is 23.2 Å². The van der Waals surface area contributed by atoms with Crippen molar-refractivity contribution in [3.8, 4) is 5.75 Å². The Hall–Kier alpha value is -2.73. The van der Waals surface area contributed by atoms with E-state index in [-0.39, 0.29) is 5.91 Å². The van der Waals surface area contributed by atoms with E-state index in [1.807, 2.05) is 36.1 Å². The standard InChI is InChI=1S/C21H22ClN3O3/c1-13-3-6-18(27-2)16(9-13)20(26)25-8-7-14(12-25)11-23-21-24-17-5-4-15(22)10-19(17)28-21/h3-6,9-10,14H,7-8,11-12H2,1-2H3,(H,23,24)/t14-/m0/s1. The van der Waals surface area contributed by atoms with Crippen LogP contribution in [-0.2, 0) is 0 Å². The van der Waals surface area contributed by atoms with Crippen molar-refractivity contribution in [2.75, 3.05) is 32.1 Å². The van der Waals surface area contributed by atoms with Crippen LogP contribution in [0.5, 0.6) is 5.75 Å². The van der Waals surface area contributed by atoms with Gasteiger partial charge in [-0.05, 0) is 43.5 Å². The van der Waals surface area contributed by atoms with E-state index in [1.54, 1.807) is 19.2 Å². The highest BCUT2D eigenvalue weighted by Gasteiger charge is 2.28. The first-order valence-electron chi connectivity index (χ1n) is 9.27. The minimum absolute atomic E-state index is 0.0135. The van der Waals surface area contributed by atoms with Crippen LogP contribution >= 0.6 is 11.6 Å². The Bertz CT molecular complexity index is 1020. The van der Waals surface area contributed by atoms with Crippen molar-refractivity contribution < 1.29 is 13.9 Å². The van der Waals surface area contributed by atoms with Gasteiger partial charge in [0.1, 0.15) is 11.3 Å². The third-order valence-electron chi connectivity index (χ3n) is 5.05. The zero-order valence-corrected chi connectivity index (χ0v) is 16.6. The maximum absolute atomic E-state index is 12.9. The van der Waals surface area contributed by atoms with Gasteiger partial charge in [-0.15, -0.1) is 0 Å². The lowest BCUT2D eigenvalue weighted by molar-refractivity contribution is 0.0784. The lowest BCUT2D eigenvalue weighted by Gasteiger charge is -2.18. The van der Waals surface area contributed by atoms with Crippen LogP contribution in [0.3, 0.4) is 0 Å². The summed E-state index contributed by atoms with van der Waals surface area (Å²) >= 11 is 5.98. The van der Waals surface area contributed by atoms with E-state index in [1.165, 1.54) is 0 Å². The summed E-state index contributed by atoms with van der Waals surface area (Å²) in [5.41, 5.74) is 3.08. The fourth-order valence-electron chi connectivity index (χ4n) is 3.55. The molecule has 1 N–H and O–H groups in total. The fourth-order valence-corrected chi connectivity index (χ4v) is 3.71. The van der Waals surface area contributed by atoms with E-state index < -0.39 is 0 Å². The van der Waals surface area contributed by atoms with E-state index in [0.717, 1.165) is 24.0 Å². The number of nitrogens with zero attached hydrogens (tertiary/aromatic N) is 2. The number of likely N-dealkylation sites (tertiary alicyclic amines) is 1. The molecular weight excluding hydrogens is 378 g/mol. The molecule has 0 spiro atoms. The minimum atomic E-state index is 0.0135. The molecule has 1 atom stereocenters. The molecule has 0 aliphatic carbocycles. The van der Waals surface area contributed by atoms with Gasteiger partial charge in [0, 0.05) is 30.7 Å². The lowest BCUT2D eigenvalue weighted by Crippen LogP contribution is -2.30. The Labute approximate surface area is 168 Å². The molecule has 6 nitrogen and oxygen atoms in total. The second-order valence-corrected chi connectivity index (χ2v) is 7.56. The summed E-state index contributed by atoms with van der Waals surface area (Å²) in [4.78, 5) is 19.2. The molecule has 4 rings (SSSR count). The van der Waals surface area contributed by atoms with Crippen LogP contribution in [0.4, 0.5) is 6.01 Å². The summed E-state index contributed by atoms with van der Waals surface area (Å²) in [6.07, 6.45) is 0.929. The molecule has 1 amide bonds. The number of rotatable bonds is 5. The van der Waals surface area contributed by atoms with Crippen LogP contribution in [0.15, 0.2) is 40.8 Å². The molecule has 146 valence electrons. The summed E-state index contributed by atoms with van der Waals surface area (Å²) in [5, 5.41) is 3.86. The zero-order chi connectivity index (χ0) is 19.7. The topological polar surface area (TPSA) is 67.6 Å². The first-order valence-corrected chi connectivity index (χ1v) is 9.65. The van der Waals surface area contributed by atoms with Crippen molar-refractivity contribution >= 4 is 34.6 Å². The van der Waals surface area contributed by atoms with Crippen LogP contribution in [0, 0.1) is 12.8 Å². The number of anilines is 1. The number of carbonyl (C=O) groups excluding carboxylic acids is 1. The van der Waals surface area contributed by atoms with E-state index in [2.05, 4.69) is 10.3 Å². The number of amides is 1. The lowest BCUT2D eigenvalue weighted by atomic mass is 10.1. The number of methoxy groups -OCH3 is 1. The molecular formula is C21H22ClN3O3. The van der Waals surface area contributed by atoms with E-state index in [4.69, 9.17) is 20.8 Å². The monoisotopic (exact) mass is 399 g/mol. The molecule has 3 aromatic rings. The highest BCUT2D eigenvalue weighted by Crippen LogP contribution is 2.26. The number of aryl methyl sites for hydroxylation is 1. The van der Waals surface area contributed by atoms with Gasteiger partial charge >= 0.3 is 0 Å². The molecule has 1 aliphatic heterocycles. The maximum atomic E-state index is 12.9. The van der Waals surface area contributed by atoms with Gasteiger partial charge < -0.3 is 19.4 Å². The highest BCUT2D eigenvalue weighted by atomic mass is 35.5. The third kappa shape index (κ3) is 3.78. The highest BCUT2D eigenvalue weighted by molar-refractivity contribution is 6.31. The Morgan fingerprint density at radius 3 is 3.04 bits per heavy atom. The summed E-state index contributed by atoms with van der Waals surface area (Å²) in [6.45, 7) is 4.08. The maximum Gasteiger partial charge on any atom is 0.295 e. The molecule has 0 radical (unpaired) electrons. The smallest absolute Gasteiger partial charge is 0.295 e. The van der Waals surface area contributed by atoms with Gasteiger partial charge in [-0.2, -0.15) is 4.98 Å². The third-order valence-corrected chi connectivity index (χ3v) is 5.29. The van der Waals surface area contributed by atoms with Gasteiger partial charge in [-0.25, -0.2) is 0 Å². The summed E-state index contributed by atoms with van der Waals surface area (Å²) < 4.78 is 11.1. The molecule has 1 saturated heterocycles. The van der Waals surface area contributed by atoms with Crippen molar-refractivity contribution in [1.82, 2.24) is 9.88 Å². The molecule has 1 aliphatic rings. The predicted octanol–water partition coefficient (Wildman–Crippen LogP) is 4.37. The van der Waals surface area contributed by atoms with Gasteiger partial charge in [-0.3, -0.25) is 4.79 Å². The van der Waals surface area contributed by atoms with Crippen molar-refractivity contribution in [3.05, 3.63) is 52.5 Å². The molecule has 0 saturated carbocycles. The SMILES string of the molecule is COc1ccc(C)cc1C(=O)N1CC[C@@H](CNc2nc3ccc(Cl)cc3o2)C1. The number of oxazole rings is 1. The van der Waals surface area contributed by atoms with E-state index in [0.29, 0.717) is 46.9 Å².